The number of carbonyl (C=O) groups excluding carboxylic acids is 2. The Morgan fingerprint density at radius 3 is 2.41 bits per heavy atom. The van der Waals surface area contributed by atoms with Crippen molar-refractivity contribution in [1.29, 1.82) is 0 Å². The molecule has 0 spiro atoms. The van der Waals surface area contributed by atoms with Gasteiger partial charge in [0.15, 0.2) is 0 Å². The SMILES string of the molecule is CC(=O)N1C[C@H](OC(=O)N2Cc3ccc(C4(N(C)C)CC4)cc3C2)C[C@H]1C(=O)O. The van der Waals surface area contributed by atoms with E-state index in [1.807, 2.05) is 0 Å². The number of benzene rings is 1. The van der Waals surface area contributed by atoms with Crippen LogP contribution in [0.15, 0.2) is 18.2 Å². The van der Waals surface area contributed by atoms with Gasteiger partial charge < -0.3 is 14.7 Å². The molecule has 156 valence electrons. The monoisotopic (exact) mass is 401 g/mol. The number of ether oxygens (including phenoxy) is 1. The van der Waals surface area contributed by atoms with Crippen LogP contribution in [0.2, 0.25) is 0 Å². The van der Waals surface area contributed by atoms with Crippen LogP contribution in [0.4, 0.5) is 4.79 Å². The third-order valence-corrected chi connectivity index (χ3v) is 6.52. The molecule has 1 saturated heterocycles. The van der Waals surface area contributed by atoms with E-state index in [2.05, 4.69) is 37.2 Å². The van der Waals surface area contributed by atoms with Gasteiger partial charge in [0.1, 0.15) is 12.1 Å². The largest absolute Gasteiger partial charge is 0.480 e. The zero-order chi connectivity index (χ0) is 20.9. The average Bonchev–Trinajstić information content (AvgIpc) is 3.18. The summed E-state index contributed by atoms with van der Waals surface area (Å²) < 4.78 is 5.56. The molecular weight excluding hydrogens is 374 g/mol. The zero-order valence-electron chi connectivity index (χ0n) is 17.1. The second-order valence-electron chi connectivity index (χ2n) is 8.53. The smallest absolute Gasteiger partial charge is 0.410 e. The number of hydrogen-bond acceptors (Lipinski definition) is 5. The molecule has 0 radical (unpaired) electrons. The Labute approximate surface area is 170 Å². The van der Waals surface area contributed by atoms with Crippen LogP contribution < -0.4 is 0 Å². The number of carboxylic acid groups (broad SMARTS) is 1. The van der Waals surface area contributed by atoms with Crippen LogP contribution in [0.3, 0.4) is 0 Å². The first kappa shape index (κ1) is 19.7. The quantitative estimate of drug-likeness (QED) is 0.827. The van der Waals surface area contributed by atoms with Crippen molar-refractivity contribution in [3.05, 3.63) is 34.9 Å². The first-order chi connectivity index (χ1) is 13.7. The van der Waals surface area contributed by atoms with Crippen LogP contribution in [0.1, 0.15) is 42.9 Å². The minimum atomic E-state index is -1.07. The highest BCUT2D eigenvalue weighted by molar-refractivity contribution is 5.83. The summed E-state index contributed by atoms with van der Waals surface area (Å²) in [5.74, 6) is -1.40. The Bertz CT molecular complexity index is 842. The van der Waals surface area contributed by atoms with Crippen molar-refractivity contribution in [1.82, 2.24) is 14.7 Å². The molecule has 2 amide bonds. The normalized spacial score (nSPS) is 24.6. The van der Waals surface area contributed by atoms with Gasteiger partial charge in [-0.25, -0.2) is 9.59 Å². The number of rotatable bonds is 4. The molecule has 1 saturated carbocycles. The van der Waals surface area contributed by atoms with Gasteiger partial charge in [0.25, 0.3) is 0 Å². The number of aliphatic carboxylic acids is 1. The molecule has 0 unspecified atom stereocenters. The van der Waals surface area contributed by atoms with Gasteiger partial charge in [0, 0.05) is 32.0 Å². The van der Waals surface area contributed by atoms with Crippen LogP contribution in [-0.2, 0) is 33.0 Å². The van der Waals surface area contributed by atoms with Gasteiger partial charge in [0.05, 0.1) is 6.54 Å². The average molecular weight is 401 g/mol. The van der Waals surface area contributed by atoms with E-state index >= 15 is 0 Å². The van der Waals surface area contributed by atoms with Gasteiger partial charge in [0.2, 0.25) is 5.91 Å². The van der Waals surface area contributed by atoms with Gasteiger partial charge in [-0.2, -0.15) is 0 Å². The lowest BCUT2D eigenvalue weighted by Crippen LogP contribution is -2.39. The zero-order valence-corrected chi connectivity index (χ0v) is 17.1. The minimum Gasteiger partial charge on any atom is -0.480 e. The summed E-state index contributed by atoms with van der Waals surface area (Å²) in [5.41, 5.74) is 3.65. The molecule has 8 heteroatoms. The van der Waals surface area contributed by atoms with Crippen LogP contribution in [-0.4, -0.2) is 70.6 Å². The molecule has 2 fully saturated rings. The summed E-state index contributed by atoms with van der Waals surface area (Å²) in [6.45, 7) is 2.41. The summed E-state index contributed by atoms with van der Waals surface area (Å²) >= 11 is 0. The van der Waals surface area contributed by atoms with Crippen molar-refractivity contribution in [3.8, 4) is 0 Å². The predicted molar refractivity (Wildman–Crippen MR) is 104 cm³/mol. The van der Waals surface area contributed by atoms with Gasteiger partial charge in [-0.3, -0.25) is 14.6 Å². The number of fused-ring (bicyclic) bond motifs is 1. The third-order valence-electron chi connectivity index (χ3n) is 6.52. The molecule has 1 aromatic rings. The van der Waals surface area contributed by atoms with E-state index in [1.54, 1.807) is 4.90 Å². The number of amides is 2. The molecule has 2 atom stereocenters. The first-order valence-electron chi connectivity index (χ1n) is 9.96. The summed E-state index contributed by atoms with van der Waals surface area (Å²) in [6, 6.07) is 5.50. The number of carboxylic acids is 1. The predicted octanol–water partition coefficient (Wildman–Crippen LogP) is 1.76. The lowest BCUT2D eigenvalue weighted by atomic mass is 9.99. The maximum atomic E-state index is 12.7. The van der Waals surface area contributed by atoms with E-state index in [0.717, 1.165) is 24.0 Å². The lowest BCUT2D eigenvalue weighted by molar-refractivity contribution is -0.147. The Hall–Kier alpha value is -2.61. The maximum absolute atomic E-state index is 12.7. The van der Waals surface area contributed by atoms with Gasteiger partial charge in [-0.05, 0) is 43.6 Å². The molecule has 29 heavy (non-hydrogen) atoms. The molecule has 0 bridgehead atoms. The fourth-order valence-corrected chi connectivity index (χ4v) is 4.61. The standard InChI is InChI=1S/C21H27N3O5/c1-13(25)24-12-17(9-18(24)19(26)27)29-20(28)23-10-14-4-5-16(8-15(14)11-23)21(6-7-21)22(2)3/h4-5,8,17-18H,6-7,9-12H2,1-3H3,(H,26,27)/t17-,18+/m1/s1. The van der Waals surface area contributed by atoms with Crippen molar-refractivity contribution in [2.75, 3.05) is 20.6 Å². The Kier molecular flexibility index (Phi) is 4.77. The minimum absolute atomic E-state index is 0.119. The molecule has 4 rings (SSSR count). The number of carbonyl (C=O) groups is 3. The maximum Gasteiger partial charge on any atom is 0.410 e. The summed E-state index contributed by atoms with van der Waals surface area (Å²) in [4.78, 5) is 40.9. The second-order valence-corrected chi connectivity index (χ2v) is 8.53. The molecule has 1 aliphatic carbocycles. The Morgan fingerprint density at radius 2 is 1.86 bits per heavy atom. The second kappa shape index (κ2) is 7.02. The summed E-state index contributed by atoms with van der Waals surface area (Å²) in [6.07, 6.45) is 1.34. The lowest BCUT2D eigenvalue weighted by Gasteiger charge is -2.24. The topological polar surface area (TPSA) is 90.4 Å². The molecule has 2 heterocycles. The molecule has 1 aromatic carbocycles. The molecule has 2 aliphatic heterocycles. The van der Waals surface area contributed by atoms with E-state index in [4.69, 9.17) is 4.74 Å². The fraction of sp³-hybridized carbons (Fsp3) is 0.571. The Balaban J connectivity index is 1.40. The van der Waals surface area contributed by atoms with Crippen molar-refractivity contribution in [2.24, 2.45) is 0 Å². The number of likely N-dealkylation sites (tertiary alicyclic amines) is 1. The fourth-order valence-electron chi connectivity index (χ4n) is 4.61. The highest BCUT2D eigenvalue weighted by atomic mass is 16.6. The van der Waals surface area contributed by atoms with Crippen LogP contribution in [0, 0.1) is 0 Å². The summed E-state index contributed by atoms with van der Waals surface area (Å²) in [5, 5.41) is 9.30. The van der Waals surface area contributed by atoms with Gasteiger partial charge >= 0.3 is 12.1 Å². The molecular formula is C21H27N3O5. The van der Waals surface area contributed by atoms with E-state index in [9.17, 15) is 19.5 Å². The van der Waals surface area contributed by atoms with Gasteiger partial charge in [-0.1, -0.05) is 18.2 Å². The van der Waals surface area contributed by atoms with Crippen LogP contribution in [0.25, 0.3) is 0 Å². The van der Waals surface area contributed by atoms with E-state index < -0.39 is 24.2 Å². The highest BCUT2D eigenvalue weighted by Crippen LogP contribution is 2.50. The third kappa shape index (κ3) is 3.46. The number of hydrogen-bond donors (Lipinski definition) is 1. The van der Waals surface area contributed by atoms with E-state index in [0.29, 0.717) is 13.1 Å². The molecule has 0 aromatic heterocycles. The summed E-state index contributed by atoms with van der Waals surface area (Å²) in [7, 11) is 4.19. The molecule has 1 N–H and O–H groups in total. The first-order valence-corrected chi connectivity index (χ1v) is 9.96. The van der Waals surface area contributed by atoms with Crippen LogP contribution in [0.5, 0.6) is 0 Å². The molecule has 8 nitrogen and oxygen atoms in total. The van der Waals surface area contributed by atoms with E-state index in [1.165, 1.54) is 17.4 Å². The van der Waals surface area contributed by atoms with Crippen molar-refractivity contribution >= 4 is 18.0 Å². The Morgan fingerprint density at radius 1 is 1.17 bits per heavy atom. The molecule has 3 aliphatic rings. The van der Waals surface area contributed by atoms with Crippen molar-refractivity contribution in [2.45, 2.75) is 57.0 Å². The van der Waals surface area contributed by atoms with Crippen molar-refractivity contribution in [3.63, 3.8) is 0 Å². The highest BCUT2D eigenvalue weighted by Gasteiger charge is 2.47. The number of nitrogens with zero attached hydrogens (tertiary/aromatic N) is 3. The van der Waals surface area contributed by atoms with Crippen LogP contribution >= 0.6 is 0 Å². The van der Waals surface area contributed by atoms with Crippen molar-refractivity contribution < 1.29 is 24.2 Å². The van der Waals surface area contributed by atoms with Gasteiger partial charge in [-0.15, -0.1) is 0 Å². The van der Waals surface area contributed by atoms with E-state index in [-0.39, 0.29) is 24.4 Å².